The van der Waals surface area contributed by atoms with Crippen molar-refractivity contribution in [3.8, 4) is 11.1 Å². The summed E-state index contributed by atoms with van der Waals surface area (Å²) in [7, 11) is 1.79. The Labute approximate surface area is 134 Å². The van der Waals surface area contributed by atoms with Crippen LogP contribution in [0, 0.1) is 0 Å². The van der Waals surface area contributed by atoms with Crippen LogP contribution in [-0.4, -0.2) is 7.11 Å². The maximum absolute atomic E-state index is 5.45. The molecule has 0 spiro atoms. The van der Waals surface area contributed by atoms with Gasteiger partial charge >= 0.3 is 0 Å². The molecule has 1 heteroatoms. The Morgan fingerprint density at radius 2 is 1.59 bits per heavy atom. The Balaban J connectivity index is 2.17. The van der Waals surface area contributed by atoms with E-state index in [1.807, 2.05) is 0 Å². The van der Waals surface area contributed by atoms with Crippen molar-refractivity contribution in [3.63, 3.8) is 0 Å². The highest BCUT2D eigenvalue weighted by Crippen LogP contribution is 2.41. The number of fused-ring (bicyclic) bond motifs is 3. The maximum atomic E-state index is 5.45. The maximum Gasteiger partial charge on any atom is 0.0716 e. The molecule has 2 aromatic rings. The van der Waals surface area contributed by atoms with E-state index in [1.165, 1.54) is 38.9 Å². The van der Waals surface area contributed by atoms with Gasteiger partial charge in [-0.15, -0.1) is 0 Å². The first-order chi connectivity index (χ1) is 10.5. The molecule has 3 rings (SSSR count). The van der Waals surface area contributed by atoms with Crippen molar-refractivity contribution in [2.75, 3.05) is 7.11 Å². The number of rotatable bonds is 4. The third kappa shape index (κ3) is 2.59. The fraction of sp³-hybridized carbons (Fsp3) is 0.429. The highest BCUT2D eigenvalue weighted by Gasteiger charge is 2.23. The first-order valence-corrected chi connectivity index (χ1v) is 8.29. The predicted molar refractivity (Wildman–Crippen MR) is 93.6 cm³/mol. The smallest absolute Gasteiger partial charge is 0.0716 e. The molecule has 0 saturated carbocycles. The van der Waals surface area contributed by atoms with Crippen LogP contribution in [0.5, 0.6) is 0 Å². The van der Waals surface area contributed by atoms with E-state index in [0.717, 1.165) is 6.42 Å². The number of methoxy groups -OCH3 is 1. The molecule has 0 aromatic heterocycles. The van der Waals surface area contributed by atoms with E-state index in [4.69, 9.17) is 4.74 Å². The summed E-state index contributed by atoms with van der Waals surface area (Å²) in [6.45, 7) is 9.75. The minimum Gasteiger partial charge on any atom is -0.380 e. The van der Waals surface area contributed by atoms with Gasteiger partial charge < -0.3 is 4.74 Å². The van der Waals surface area contributed by atoms with Gasteiger partial charge in [0.2, 0.25) is 0 Å². The van der Waals surface area contributed by atoms with Gasteiger partial charge in [0.1, 0.15) is 0 Å². The van der Waals surface area contributed by atoms with Crippen LogP contribution in [0.2, 0.25) is 0 Å². The minimum absolute atomic E-state index is 0.540. The fourth-order valence-electron chi connectivity index (χ4n) is 3.37. The molecule has 0 unspecified atom stereocenters. The molecule has 0 saturated heterocycles. The lowest BCUT2D eigenvalue weighted by Gasteiger charge is -2.14. The normalized spacial score (nSPS) is 12.9. The molecule has 0 bridgehead atoms. The van der Waals surface area contributed by atoms with Crippen molar-refractivity contribution in [1.82, 2.24) is 0 Å². The van der Waals surface area contributed by atoms with Gasteiger partial charge in [-0.3, -0.25) is 0 Å². The van der Waals surface area contributed by atoms with Crippen molar-refractivity contribution < 1.29 is 4.74 Å². The molecule has 0 atom stereocenters. The lowest BCUT2D eigenvalue weighted by Crippen LogP contribution is -1.98. The third-order valence-corrected chi connectivity index (χ3v) is 4.79. The fourth-order valence-corrected chi connectivity index (χ4v) is 3.37. The number of hydrogen-bond acceptors (Lipinski definition) is 1. The zero-order chi connectivity index (χ0) is 15.9. The summed E-state index contributed by atoms with van der Waals surface area (Å²) >= 11 is 0. The molecular formula is C21H26O. The molecule has 0 fully saturated rings. The molecule has 1 aliphatic carbocycles. The lowest BCUT2D eigenvalue weighted by atomic mass is 9.92. The lowest BCUT2D eigenvalue weighted by molar-refractivity contribution is 0.184. The van der Waals surface area contributed by atoms with Gasteiger partial charge in [-0.05, 0) is 57.2 Å². The molecule has 116 valence electrons. The zero-order valence-electron chi connectivity index (χ0n) is 14.4. The molecule has 0 aliphatic heterocycles. The number of ether oxygens (including phenoxy) is 1. The topological polar surface area (TPSA) is 9.23 Å². The second kappa shape index (κ2) is 5.89. The van der Waals surface area contributed by atoms with Gasteiger partial charge in [-0.1, -0.05) is 58.0 Å². The monoisotopic (exact) mass is 294 g/mol. The first-order valence-electron chi connectivity index (χ1n) is 8.29. The average molecular weight is 294 g/mol. The Morgan fingerprint density at radius 3 is 2.23 bits per heavy atom. The van der Waals surface area contributed by atoms with Crippen molar-refractivity contribution in [3.05, 3.63) is 58.1 Å². The van der Waals surface area contributed by atoms with Gasteiger partial charge in [0, 0.05) is 7.11 Å². The second-order valence-corrected chi connectivity index (χ2v) is 7.04. The molecule has 0 radical (unpaired) electrons. The van der Waals surface area contributed by atoms with Crippen LogP contribution in [0.1, 0.15) is 67.3 Å². The molecule has 1 nitrogen and oxygen atoms in total. The summed E-state index contributed by atoms with van der Waals surface area (Å²) in [5.74, 6) is 1.11. The average Bonchev–Trinajstić information content (AvgIpc) is 2.85. The van der Waals surface area contributed by atoms with E-state index < -0.39 is 0 Å². The standard InChI is InChI=1S/C21H26O/c1-13(2)15-6-7-16-10-20-18(12-22-5)8-17(14(3)4)11-21(20)19(16)9-15/h6-9,11,13-14H,10,12H2,1-5H3. The van der Waals surface area contributed by atoms with Crippen molar-refractivity contribution in [1.29, 1.82) is 0 Å². The van der Waals surface area contributed by atoms with Crippen LogP contribution in [-0.2, 0) is 17.8 Å². The molecular weight excluding hydrogens is 268 g/mol. The Morgan fingerprint density at radius 1 is 0.909 bits per heavy atom. The molecule has 0 amide bonds. The largest absolute Gasteiger partial charge is 0.380 e. The second-order valence-electron chi connectivity index (χ2n) is 7.04. The van der Waals surface area contributed by atoms with Crippen LogP contribution in [0.4, 0.5) is 0 Å². The summed E-state index contributed by atoms with van der Waals surface area (Å²) in [5, 5.41) is 0. The molecule has 0 heterocycles. The van der Waals surface area contributed by atoms with Gasteiger partial charge in [-0.2, -0.15) is 0 Å². The Kier molecular flexibility index (Phi) is 4.10. The molecule has 22 heavy (non-hydrogen) atoms. The van der Waals surface area contributed by atoms with E-state index in [1.54, 1.807) is 7.11 Å². The predicted octanol–water partition coefficient (Wildman–Crippen LogP) is 5.65. The van der Waals surface area contributed by atoms with Crippen LogP contribution < -0.4 is 0 Å². The SMILES string of the molecule is COCc1cc(C(C)C)cc2c1Cc1ccc(C(C)C)cc1-2. The zero-order valence-corrected chi connectivity index (χ0v) is 14.4. The van der Waals surface area contributed by atoms with Crippen molar-refractivity contribution in [2.45, 2.75) is 52.6 Å². The summed E-state index contributed by atoms with van der Waals surface area (Å²) in [5.41, 5.74) is 9.96. The van der Waals surface area contributed by atoms with Gasteiger partial charge in [0.15, 0.2) is 0 Å². The summed E-state index contributed by atoms with van der Waals surface area (Å²) < 4.78 is 5.45. The Bertz CT molecular complexity index is 695. The first kappa shape index (κ1) is 15.3. The van der Waals surface area contributed by atoms with Gasteiger partial charge in [0.25, 0.3) is 0 Å². The highest BCUT2D eigenvalue weighted by atomic mass is 16.5. The summed E-state index contributed by atoms with van der Waals surface area (Å²) in [4.78, 5) is 0. The molecule has 2 aromatic carbocycles. The van der Waals surface area contributed by atoms with E-state index in [2.05, 4.69) is 58.0 Å². The minimum atomic E-state index is 0.540. The number of hydrogen-bond donors (Lipinski definition) is 0. The molecule has 0 N–H and O–H groups in total. The highest BCUT2D eigenvalue weighted by molar-refractivity contribution is 5.79. The van der Waals surface area contributed by atoms with Crippen molar-refractivity contribution in [2.24, 2.45) is 0 Å². The van der Waals surface area contributed by atoms with Crippen LogP contribution >= 0.6 is 0 Å². The third-order valence-electron chi connectivity index (χ3n) is 4.79. The number of benzene rings is 2. The van der Waals surface area contributed by atoms with Gasteiger partial charge in [0.05, 0.1) is 6.61 Å². The summed E-state index contributed by atoms with van der Waals surface area (Å²) in [6.07, 6.45) is 1.04. The summed E-state index contributed by atoms with van der Waals surface area (Å²) in [6, 6.07) is 11.7. The van der Waals surface area contributed by atoms with E-state index in [-0.39, 0.29) is 0 Å². The van der Waals surface area contributed by atoms with E-state index in [0.29, 0.717) is 18.4 Å². The Hall–Kier alpha value is -1.60. The van der Waals surface area contributed by atoms with E-state index in [9.17, 15) is 0 Å². The van der Waals surface area contributed by atoms with Crippen LogP contribution in [0.3, 0.4) is 0 Å². The van der Waals surface area contributed by atoms with Crippen LogP contribution in [0.15, 0.2) is 30.3 Å². The quantitative estimate of drug-likeness (QED) is 0.604. The van der Waals surface area contributed by atoms with Crippen LogP contribution in [0.25, 0.3) is 11.1 Å². The van der Waals surface area contributed by atoms with E-state index >= 15 is 0 Å². The van der Waals surface area contributed by atoms with Crippen molar-refractivity contribution >= 4 is 0 Å². The van der Waals surface area contributed by atoms with Gasteiger partial charge in [-0.25, -0.2) is 0 Å². The molecule has 1 aliphatic rings.